The molecule has 0 saturated heterocycles. The number of nitro benzene ring substituents is 1. The maximum Gasteiger partial charge on any atom is 0.269 e. The van der Waals surface area contributed by atoms with Crippen LogP contribution in [-0.2, 0) is 5.75 Å². The Balaban J connectivity index is 2.04. The van der Waals surface area contributed by atoms with E-state index in [1.165, 1.54) is 12.1 Å². The van der Waals surface area contributed by atoms with Crippen molar-refractivity contribution in [2.45, 2.75) is 10.6 Å². The molecule has 0 fully saturated rings. The zero-order valence-electron chi connectivity index (χ0n) is 9.68. The molecule has 0 N–H and O–H groups in total. The quantitative estimate of drug-likeness (QED) is 0.423. The molecule has 2 aromatic carbocycles. The standard InChI is InChI=1S/C13H9BrClNO2S/c14-10-2-1-9(13(15)7-10)8-19-12-5-3-11(4-6-12)16(17)18/h1-7H,8H2. The lowest BCUT2D eigenvalue weighted by Gasteiger charge is -2.05. The lowest BCUT2D eigenvalue weighted by Crippen LogP contribution is -1.87. The van der Waals surface area contributed by atoms with Crippen molar-refractivity contribution in [2.24, 2.45) is 0 Å². The third-order valence-corrected chi connectivity index (χ3v) is 4.36. The van der Waals surface area contributed by atoms with Gasteiger partial charge in [-0.05, 0) is 29.8 Å². The summed E-state index contributed by atoms with van der Waals surface area (Å²) in [4.78, 5) is 11.1. The van der Waals surface area contributed by atoms with Crippen LogP contribution >= 0.6 is 39.3 Å². The number of halogens is 2. The van der Waals surface area contributed by atoms with Crippen molar-refractivity contribution < 1.29 is 4.92 Å². The van der Waals surface area contributed by atoms with Crippen molar-refractivity contribution in [1.29, 1.82) is 0 Å². The van der Waals surface area contributed by atoms with Crippen LogP contribution in [0.2, 0.25) is 5.02 Å². The summed E-state index contributed by atoms with van der Waals surface area (Å²) in [6.45, 7) is 0. The Morgan fingerprint density at radius 2 is 1.89 bits per heavy atom. The van der Waals surface area contributed by atoms with Crippen LogP contribution in [0, 0.1) is 10.1 Å². The van der Waals surface area contributed by atoms with E-state index in [1.807, 2.05) is 18.2 Å². The van der Waals surface area contributed by atoms with Crippen LogP contribution < -0.4 is 0 Å². The Hall–Kier alpha value is -1.04. The normalized spacial score (nSPS) is 10.4. The fourth-order valence-corrected chi connectivity index (χ4v) is 3.19. The highest BCUT2D eigenvalue weighted by atomic mass is 79.9. The van der Waals surface area contributed by atoms with Crippen LogP contribution in [0.25, 0.3) is 0 Å². The number of rotatable bonds is 4. The van der Waals surface area contributed by atoms with Crippen molar-refractivity contribution in [3.05, 3.63) is 67.6 Å². The highest BCUT2D eigenvalue weighted by molar-refractivity contribution is 9.10. The number of hydrogen-bond acceptors (Lipinski definition) is 3. The molecule has 0 spiro atoms. The average molecular weight is 359 g/mol. The van der Waals surface area contributed by atoms with E-state index in [0.717, 1.165) is 20.7 Å². The molecule has 0 heterocycles. The van der Waals surface area contributed by atoms with Crippen LogP contribution in [0.1, 0.15) is 5.56 Å². The molecule has 0 radical (unpaired) electrons. The second-order valence-electron chi connectivity index (χ2n) is 3.78. The summed E-state index contributed by atoms with van der Waals surface area (Å²) in [5.74, 6) is 0.726. The number of thioether (sulfide) groups is 1. The van der Waals surface area contributed by atoms with Crippen LogP contribution in [0.3, 0.4) is 0 Å². The molecule has 19 heavy (non-hydrogen) atoms. The second kappa shape index (κ2) is 6.41. The summed E-state index contributed by atoms with van der Waals surface area (Å²) >= 11 is 11.1. The van der Waals surface area contributed by atoms with Crippen LogP contribution in [0.4, 0.5) is 5.69 Å². The molecule has 0 unspecified atom stereocenters. The molecule has 0 aliphatic rings. The van der Waals surface area contributed by atoms with Gasteiger partial charge in [0.15, 0.2) is 0 Å². The van der Waals surface area contributed by atoms with E-state index < -0.39 is 4.92 Å². The maximum absolute atomic E-state index is 10.5. The van der Waals surface area contributed by atoms with Crippen LogP contribution in [-0.4, -0.2) is 4.92 Å². The number of benzene rings is 2. The molecular formula is C13H9BrClNO2S. The lowest BCUT2D eigenvalue weighted by atomic mass is 10.2. The van der Waals surface area contributed by atoms with Gasteiger partial charge in [0, 0.05) is 32.3 Å². The predicted octanol–water partition coefficient (Wildman–Crippen LogP) is 5.30. The first kappa shape index (κ1) is 14.4. The van der Waals surface area contributed by atoms with Gasteiger partial charge in [-0.2, -0.15) is 0 Å². The van der Waals surface area contributed by atoms with Crippen molar-refractivity contribution in [2.75, 3.05) is 0 Å². The molecule has 0 atom stereocenters. The van der Waals surface area contributed by atoms with Crippen molar-refractivity contribution in [1.82, 2.24) is 0 Å². The van der Waals surface area contributed by atoms with Gasteiger partial charge in [0.1, 0.15) is 0 Å². The van der Waals surface area contributed by atoms with E-state index >= 15 is 0 Å². The number of non-ortho nitro benzene ring substituents is 1. The minimum absolute atomic E-state index is 0.103. The molecule has 3 nitrogen and oxygen atoms in total. The van der Waals surface area contributed by atoms with E-state index in [0.29, 0.717) is 5.02 Å². The molecule has 0 bridgehead atoms. The molecule has 2 aromatic rings. The monoisotopic (exact) mass is 357 g/mol. The second-order valence-corrected chi connectivity index (χ2v) is 6.15. The van der Waals surface area contributed by atoms with Gasteiger partial charge in [0.25, 0.3) is 5.69 Å². The van der Waals surface area contributed by atoms with Gasteiger partial charge in [-0.1, -0.05) is 33.6 Å². The summed E-state index contributed by atoms with van der Waals surface area (Å²) in [6.07, 6.45) is 0. The fraction of sp³-hybridized carbons (Fsp3) is 0.0769. The SMILES string of the molecule is O=[N+]([O-])c1ccc(SCc2ccc(Br)cc2Cl)cc1. The van der Waals surface area contributed by atoms with Crippen LogP contribution in [0.5, 0.6) is 0 Å². The maximum atomic E-state index is 10.5. The number of nitrogens with zero attached hydrogens (tertiary/aromatic N) is 1. The predicted molar refractivity (Wildman–Crippen MR) is 81.8 cm³/mol. The average Bonchev–Trinajstić information content (AvgIpc) is 2.38. The Bertz CT molecular complexity index is 604. The van der Waals surface area contributed by atoms with Gasteiger partial charge in [-0.3, -0.25) is 10.1 Å². The van der Waals surface area contributed by atoms with E-state index in [4.69, 9.17) is 11.6 Å². The van der Waals surface area contributed by atoms with E-state index in [-0.39, 0.29) is 5.69 Å². The largest absolute Gasteiger partial charge is 0.269 e. The molecule has 0 aromatic heterocycles. The zero-order chi connectivity index (χ0) is 13.8. The van der Waals surface area contributed by atoms with E-state index in [1.54, 1.807) is 23.9 Å². The van der Waals surface area contributed by atoms with Crippen LogP contribution in [0.15, 0.2) is 51.8 Å². The first-order valence-electron chi connectivity index (χ1n) is 5.37. The summed E-state index contributed by atoms with van der Waals surface area (Å²) in [6, 6.07) is 12.3. The summed E-state index contributed by atoms with van der Waals surface area (Å²) in [5, 5.41) is 11.3. The summed E-state index contributed by atoms with van der Waals surface area (Å²) < 4.78 is 0.946. The number of nitro groups is 1. The van der Waals surface area contributed by atoms with Gasteiger partial charge >= 0.3 is 0 Å². The molecule has 98 valence electrons. The third-order valence-electron chi connectivity index (χ3n) is 2.46. The Labute approximate surface area is 128 Å². The first-order chi connectivity index (χ1) is 9.06. The van der Waals surface area contributed by atoms with E-state index in [9.17, 15) is 10.1 Å². The molecule has 2 rings (SSSR count). The summed E-state index contributed by atoms with van der Waals surface area (Å²) in [7, 11) is 0. The van der Waals surface area contributed by atoms with Gasteiger partial charge in [-0.15, -0.1) is 11.8 Å². The fourth-order valence-electron chi connectivity index (χ4n) is 1.46. The molecule has 0 amide bonds. The highest BCUT2D eigenvalue weighted by Crippen LogP contribution is 2.29. The minimum Gasteiger partial charge on any atom is -0.258 e. The van der Waals surface area contributed by atoms with Gasteiger partial charge in [0.2, 0.25) is 0 Å². The third kappa shape index (κ3) is 3.96. The Morgan fingerprint density at radius 3 is 2.47 bits per heavy atom. The smallest absolute Gasteiger partial charge is 0.258 e. The molecular weight excluding hydrogens is 350 g/mol. The van der Waals surface area contributed by atoms with Gasteiger partial charge in [-0.25, -0.2) is 0 Å². The number of hydrogen-bond donors (Lipinski definition) is 0. The summed E-state index contributed by atoms with van der Waals surface area (Å²) in [5.41, 5.74) is 1.14. The Morgan fingerprint density at radius 1 is 1.21 bits per heavy atom. The van der Waals surface area contributed by atoms with Crippen molar-refractivity contribution in [3.63, 3.8) is 0 Å². The van der Waals surface area contributed by atoms with Crippen molar-refractivity contribution in [3.8, 4) is 0 Å². The van der Waals surface area contributed by atoms with Gasteiger partial charge < -0.3 is 0 Å². The lowest BCUT2D eigenvalue weighted by molar-refractivity contribution is -0.384. The topological polar surface area (TPSA) is 43.1 Å². The molecule has 0 aliphatic carbocycles. The molecule has 0 aliphatic heterocycles. The highest BCUT2D eigenvalue weighted by Gasteiger charge is 2.06. The van der Waals surface area contributed by atoms with E-state index in [2.05, 4.69) is 15.9 Å². The first-order valence-corrected chi connectivity index (χ1v) is 7.53. The zero-order valence-corrected chi connectivity index (χ0v) is 12.8. The van der Waals surface area contributed by atoms with Crippen molar-refractivity contribution >= 4 is 45.0 Å². The minimum atomic E-state index is -0.403. The molecule has 6 heteroatoms. The molecule has 0 saturated carbocycles. The Kier molecular flexibility index (Phi) is 4.85. The van der Waals surface area contributed by atoms with Gasteiger partial charge in [0.05, 0.1) is 4.92 Å².